The first kappa shape index (κ1) is 20.2. The first-order chi connectivity index (χ1) is 12.3. The van der Waals surface area contributed by atoms with Gasteiger partial charge in [-0.1, -0.05) is 26.0 Å². The van der Waals surface area contributed by atoms with Crippen molar-refractivity contribution >= 4 is 10.0 Å². The van der Waals surface area contributed by atoms with E-state index in [1.807, 2.05) is 26.0 Å². The van der Waals surface area contributed by atoms with E-state index in [1.165, 1.54) is 19.2 Å². The van der Waals surface area contributed by atoms with Crippen LogP contribution in [0.2, 0.25) is 0 Å². The van der Waals surface area contributed by atoms with E-state index < -0.39 is 21.9 Å². The number of nitrogens with one attached hydrogen (secondary N) is 1. The Labute approximate surface area is 154 Å². The predicted molar refractivity (Wildman–Crippen MR) is 98.5 cm³/mol. The summed E-state index contributed by atoms with van der Waals surface area (Å²) < 4.78 is 52.0. The smallest absolute Gasteiger partial charge is 0.241 e. The highest BCUT2D eigenvalue weighted by Gasteiger charge is 2.23. The number of sulfonamides is 1. The van der Waals surface area contributed by atoms with E-state index in [2.05, 4.69) is 4.72 Å². The maximum Gasteiger partial charge on any atom is 0.241 e. The van der Waals surface area contributed by atoms with E-state index in [1.54, 1.807) is 19.2 Å². The third-order valence-electron chi connectivity index (χ3n) is 3.96. The Bertz CT molecular complexity index is 835. The molecule has 0 fully saturated rings. The van der Waals surface area contributed by atoms with Crippen molar-refractivity contribution in [2.45, 2.75) is 31.2 Å². The molecular weight excluding hydrogens is 357 g/mol. The quantitative estimate of drug-likeness (QED) is 0.753. The monoisotopic (exact) mass is 381 g/mol. The normalized spacial score (nSPS) is 12.8. The van der Waals surface area contributed by atoms with Gasteiger partial charge in [0.15, 0.2) is 11.6 Å². The Balaban J connectivity index is 2.32. The molecule has 5 nitrogen and oxygen atoms in total. The lowest BCUT2D eigenvalue weighted by molar-refractivity contribution is 0.385. The van der Waals surface area contributed by atoms with Crippen molar-refractivity contribution in [1.29, 1.82) is 0 Å². The van der Waals surface area contributed by atoms with Gasteiger partial charge in [0.05, 0.1) is 19.1 Å². The summed E-state index contributed by atoms with van der Waals surface area (Å²) in [6.45, 7) is 4.02. The van der Waals surface area contributed by atoms with Gasteiger partial charge >= 0.3 is 0 Å². The van der Waals surface area contributed by atoms with Crippen LogP contribution in [0.15, 0.2) is 47.4 Å². The van der Waals surface area contributed by atoms with Gasteiger partial charge in [0.2, 0.25) is 10.0 Å². The van der Waals surface area contributed by atoms with Gasteiger partial charge in [0.25, 0.3) is 0 Å². The van der Waals surface area contributed by atoms with Crippen LogP contribution in [0.4, 0.5) is 4.39 Å². The lowest BCUT2D eigenvalue weighted by Crippen LogP contribution is -2.29. The van der Waals surface area contributed by atoms with Crippen molar-refractivity contribution in [3.63, 3.8) is 0 Å². The molecule has 26 heavy (non-hydrogen) atoms. The fourth-order valence-electron chi connectivity index (χ4n) is 2.63. The molecule has 0 spiro atoms. The van der Waals surface area contributed by atoms with E-state index >= 15 is 0 Å². The van der Waals surface area contributed by atoms with E-state index in [0.29, 0.717) is 12.2 Å². The second-order valence-electron chi connectivity index (χ2n) is 6.37. The minimum atomic E-state index is -3.89. The zero-order valence-electron chi connectivity index (χ0n) is 15.3. The van der Waals surface area contributed by atoms with E-state index in [9.17, 15) is 12.8 Å². The minimum absolute atomic E-state index is 0.00200. The fraction of sp³-hybridized carbons (Fsp3) is 0.368. The van der Waals surface area contributed by atoms with Gasteiger partial charge in [-0.25, -0.2) is 17.5 Å². The van der Waals surface area contributed by atoms with Crippen molar-refractivity contribution in [3.8, 4) is 11.5 Å². The first-order valence-electron chi connectivity index (χ1n) is 8.26. The highest BCUT2D eigenvalue weighted by atomic mass is 32.2. The van der Waals surface area contributed by atoms with Crippen molar-refractivity contribution in [1.82, 2.24) is 4.72 Å². The first-order valence-corrected chi connectivity index (χ1v) is 9.75. The zero-order valence-corrected chi connectivity index (χ0v) is 16.1. The lowest BCUT2D eigenvalue weighted by atomic mass is 9.98. The number of hydrogen-bond acceptors (Lipinski definition) is 4. The molecule has 0 radical (unpaired) electrons. The molecule has 142 valence electrons. The summed E-state index contributed by atoms with van der Waals surface area (Å²) in [5.74, 6) is 0.229. The number of halogens is 1. The van der Waals surface area contributed by atoms with Crippen LogP contribution >= 0.6 is 0 Å². The van der Waals surface area contributed by atoms with Gasteiger partial charge in [0, 0.05) is 6.04 Å². The second-order valence-corrected chi connectivity index (χ2v) is 8.09. The van der Waals surface area contributed by atoms with Gasteiger partial charge in [-0.2, -0.15) is 0 Å². The number of methoxy groups -OCH3 is 2. The van der Waals surface area contributed by atoms with Crippen molar-refractivity contribution < 1.29 is 22.3 Å². The van der Waals surface area contributed by atoms with Gasteiger partial charge in [0.1, 0.15) is 5.75 Å². The highest BCUT2D eigenvalue weighted by molar-refractivity contribution is 7.89. The summed E-state index contributed by atoms with van der Waals surface area (Å²) in [4.78, 5) is -0.141. The molecule has 0 aliphatic carbocycles. The van der Waals surface area contributed by atoms with E-state index in [0.717, 1.165) is 11.6 Å². The molecular formula is C19H24FNO4S. The molecule has 2 aromatic carbocycles. The molecule has 0 aliphatic rings. The minimum Gasteiger partial charge on any atom is -0.497 e. The molecule has 7 heteroatoms. The van der Waals surface area contributed by atoms with E-state index in [4.69, 9.17) is 9.47 Å². The van der Waals surface area contributed by atoms with Crippen LogP contribution in [0.5, 0.6) is 11.5 Å². The average molecular weight is 381 g/mol. The Morgan fingerprint density at radius 2 is 1.69 bits per heavy atom. The highest BCUT2D eigenvalue weighted by Crippen LogP contribution is 2.27. The lowest BCUT2D eigenvalue weighted by Gasteiger charge is -2.21. The third-order valence-corrected chi connectivity index (χ3v) is 5.43. The number of ether oxygens (including phenoxy) is 2. The van der Waals surface area contributed by atoms with Crippen molar-refractivity contribution in [3.05, 3.63) is 53.8 Å². The van der Waals surface area contributed by atoms with Gasteiger partial charge in [-0.05, 0) is 48.2 Å². The zero-order chi connectivity index (χ0) is 19.3. The van der Waals surface area contributed by atoms with Crippen LogP contribution in [0.1, 0.15) is 31.9 Å². The summed E-state index contributed by atoms with van der Waals surface area (Å²) in [6, 6.07) is 10.4. The maximum atomic E-state index is 13.9. The van der Waals surface area contributed by atoms with Crippen LogP contribution in [0.3, 0.4) is 0 Å². The molecule has 0 amide bonds. The molecule has 0 bridgehead atoms. The van der Waals surface area contributed by atoms with Crippen LogP contribution in [0.25, 0.3) is 0 Å². The molecule has 0 aliphatic heterocycles. The SMILES string of the molecule is COc1ccc([C@@H](CC(C)C)NS(=O)(=O)c2ccc(OC)c(F)c2)cc1. The number of benzene rings is 2. The molecule has 0 heterocycles. The Kier molecular flexibility index (Phi) is 6.61. The summed E-state index contributed by atoms with van der Waals surface area (Å²) >= 11 is 0. The standard InChI is InChI=1S/C19H24FNO4S/c1-13(2)11-18(14-5-7-15(24-3)8-6-14)21-26(22,23)16-9-10-19(25-4)17(20)12-16/h5-10,12-13,18,21H,11H2,1-4H3/t18-/m1/s1. The average Bonchev–Trinajstić information content (AvgIpc) is 2.60. The largest absolute Gasteiger partial charge is 0.497 e. The Morgan fingerprint density at radius 1 is 1.04 bits per heavy atom. The Hall–Kier alpha value is -2.12. The number of hydrogen-bond donors (Lipinski definition) is 1. The maximum absolute atomic E-state index is 13.9. The van der Waals surface area contributed by atoms with Gasteiger partial charge in [-0.3, -0.25) is 0 Å². The topological polar surface area (TPSA) is 64.6 Å². The van der Waals surface area contributed by atoms with Crippen molar-refractivity contribution in [2.24, 2.45) is 5.92 Å². The molecule has 0 aromatic heterocycles. The molecule has 2 aromatic rings. The summed E-state index contributed by atoms with van der Waals surface area (Å²) in [7, 11) is -0.996. The van der Waals surface area contributed by atoms with Crippen molar-refractivity contribution in [2.75, 3.05) is 14.2 Å². The van der Waals surface area contributed by atoms with Crippen LogP contribution in [0, 0.1) is 11.7 Å². The summed E-state index contributed by atoms with van der Waals surface area (Å²) in [6.07, 6.45) is 0.601. The second kappa shape index (κ2) is 8.51. The molecule has 0 saturated carbocycles. The third kappa shape index (κ3) is 4.95. The number of rotatable bonds is 8. The molecule has 1 N–H and O–H groups in total. The molecule has 0 unspecified atom stereocenters. The summed E-state index contributed by atoms with van der Waals surface area (Å²) in [5, 5.41) is 0. The summed E-state index contributed by atoms with van der Waals surface area (Å²) in [5.41, 5.74) is 0.817. The van der Waals surface area contributed by atoms with Crippen LogP contribution in [-0.2, 0) is 10.0 Å². The van der Waals surface area contributed by atoms with Gasteiger partial charge in [-0.15, -0.1) is 0 Å². The molecule has 2 rings (SSSR count). The fourth-order valence-corrected chi connectivity index (χ4v) is 3.88. The van der Waals surface area contributed by atoms with Gasteiger partial charge < -0.3 is 9.47 Å². The predicted octanol–water partition coefficient (Wildman–Crippen LogP) is 3.91. The molecule has 1 atom stereocenters. The van der Waals surface area contributed by atoms with Crippen LogP contribution < -0.4 is 14.2 Å². The Morgan fingerprint density at radius 3 is 2.19 bits per heavy atom. The van der Waals surface area contributed by atoms with E-state index in [-0.39, 0.29) is 16.6 Å². The van der Waals surface area contributed by atoms with Crippen LogP contribution in [-0.4, -0.2) is 22.6 Å². The molecule has 0 saturated heterocycles.